The third-order valence-electron chi connectivity index (χ3n) is 3.59. The summed E-state index contributed by atoms with van der Waals surface area (Å²) in [4.78, 5) is 8.41. The van der Waals surface area contributed by atoms with E-state index in [1.54, 1.807) is 30.7 Å². The zero-order valence-corrected chi connectivity index (χ0v) is 13.1. The van der Waals surface area contributed by atoms with Gasteiger partial charge in [-0.1, -0.05) is 6.07 Å². The lowest BCUT2D eigenvalue weighted by molar-refractivity contribution is -0.137. The first-order chi connectivity index (χ1) is 10.9. The van der Waals surface area contributed by atoms with E-state index in [2.05, 4.69) is 9.98 Å². The standard InChI is InChI=1S/C16H14F3N3S/c1-10-4-5-21-9-13(10)12-3-2-11(8-14(12)16(17,18)19)23-7-6-22-15(23)20/h2-9,23H,1H3,(H2,20,22). The van der Waals surface area contributed by atoms with E-state index in [1.165, 1.54) is 24.5 Å². The molecule has 3 nitrogen and oxygen atoms in total. The molecule has 0 aliphatic carbocycles. The first-order valence-corrected chi connectivity index (χ1v) is 8.20. The Morgan fingerprint density at radius 3 is 2.52 bits per heavy atom. The van der Waals surface area contributed by atoms with Crippen molar-refractivity contribution >= 4 is 16.1 Å². The monoisotopic (exact) mass is 337 g/mol. The normalized spacial score (nSPS) is 19.0. The van der Waals surface area contributed by atoms with Crippen molar-refractivity contribution in [3.05, 3.63) is 59.4 Å². The average molecular weight is 337 g/mol. The summed E-state index contributed by atoms with van der Waals surface area (Å²) in [6.07, 6.45) is 0.0894. The van der Waals surface area contributed by atoms with Gasteiger partial charge in [0.25, 0.3) is 0 Å². The van der Waals surface area contributed by atoms with Crippen molar-refractivity contribution in [1.29, 1.82) is 0 Å². The lowest BCUT2D eigenvalue weighted by Gasteiger charge is -2.19. The van der Waals surface area contributed by atoms with Crippen molar-refractivity contribution in [3.8, 4) is 11.1 Å². The van der Waals surface area contributed by atoms with Crippen LogP contribution in [0.1, 0.15) is 11.1 Å². The Morgan fingerprint density at radius 1 is 1.13 bits per heavy atom. The fourth-order valence-corrected chi connectivity index (χ4v) is 3.91. The number of thiol groups is 1. The number of aryl methyl sites for hydroxylation is 1. The van der Waals surface area contributed by atoms with Crippen molar-refractivity contribution < 1.29 is 13.2 Å². The molecule has 0 spiro atoms. The summed E-state index contributed by atoms with van der Waals surface area (Å²) in [6, 6.07) is 6.04. The van der Waals surface area contributed by atoms with Gasteiger partial charge in [0, 0.05) is 24.2 Å². The lowest BCUT2D eigenvalue weighted by Crippen LogP contribution is -2.11. The molecule has 0 radical (unpaired) electrons. The minimum atomic E-state index is -4.46. The summed E-state index contributed by atoms with van der Waals surface area (Å²) in [6.45, 7) is 1.76. The molecule has 0 bridgehead atoms. The van der Waals surface area contributed by atoms with Crippen molar-refractivity contribution in [2.24, 2.45) is 10.7 Å². The van der Waals surface area contributed by atoms with Gasteiger partial charge in [0.15, 0.2) is 0 Å². The first-order valence-electron chi connectivity index (χ1n) is 6.79. The average Bonchev–Trinajstić information content (AvgIpc) is 2.92. The number of hydrogen-bond donors (Lipinski definition) is 2. The molecule has 1 unspecified atom stereocenters. The van der Waals surface area contributed by atoms with Crippen LogP contribution in [-0.4, -0.2) is 10.2 Å². The molecular weight excluding hydrogens is 323 g/mol. The van der Waals surface area contributed by atoms with Gasteiger partial charge in [0.2, 0.25) is 0 Å². The van der Waals surface area contributed by atoms with Gasteiger partial charge in [0.05, 0.1) is 5.56 Å². The fourth-order valence-electron chi connectivity index (χ4n) is 2.43. The highest BCUT2D eigenvalue weighted by molar-refractivity contribution is 8.32. The number of hydrogen-bond acceptors (Lipinski definition) is 3. The van der Waals surface area contributed by atoms with E-state index in [0.717, 1.165) is 5.56 Å². The molecular formula is C16H14F3N3S. The van der Waals surface area contributed by atoms with Crippen LogP contribution in [0, 0.1) is 6.92 Å². The highest BCUT2D eigenvalue weighted by Crippen LogP contribution is 2.45. The highest BCUT2D eigenvalue weighted by Gasteiger charge is 2.35. The van der Waals surface area contributed by atoms with Gasteiger partial charge in [-0.15, -0.1) is 10.9 Å². The van der Waals surface area contributed by atoms with Crippen LogP contribution in [0.25, 0.3) is 11.1 Å². The second kappa shape index (κ2) is 5.73. The molecule has 2 N–H and O–H groups in total. The van der Waals surface area contributed by atoms with Gasteiger partial charge in [-0.05, 0) is 46.6 Å². The van der Waals surface area contributed by atoms with Gasteiger partial charge in [-0.3, -0.25) is 4.98 Å². The second-order valence-corrected chi connectivity index (χ2v) is 7.09. The summed E-state index contributed by atoms with van der Waals surface area (Å²) in [5.74, 6) is 0. The molecule has 0 fully saturated rings. The topological polar surface area (TPSA) is 51.3 Å². The fraction of sp³-hybridized carbons (Fsp3) is 0.125. The predicted octanol–water partition coefficient (Wildman–Crippen LogP) is 4.24. The molecule has 3 rings (SSSR count). The van der Waals surface area contributed by atoms with Gasteiger partial charge in [-0.25, -0.2) is 4.99 Å². The molecule has 0 saturated carbocycles. The smallest absolute Gasteiger partial charge is 0.379 e. The molecule has 2 heterocycles. The molecule has 0 saturated heterocycles. The van der Waals surface area contributed by atoms with Gasteiger partial charge < -0.3 is 5.73 Å². The summed E-state index contributed by atoms with van der Waals surface area (Å²) in [7, 11) is -1.12. The summed E-state index contributed by atoms with van der Waals surface area (Å²) in [5.41, 5.74) is 6.43. The van der Waals surface area contributed by atoms with E-state index in [-0.39, 0.29) is 5.56 Å². The largest absolute Gasteiger partial charge is 0.417 e. The Balaban J connectivity index is 2.17. The van der Waals surface area contributed by atoms with Crippen LogP contribution in [-0.2, 0) is 6.18 Å². The number of halogens is 3. The molecule has 1 aliphatic rings. The number of nitrogens with zero attached hydrogens (tertiary/aromatic N) is 2. The molecule has 1 aromatic heterocycles. The third kappa shape index (κ3) is 2.96. The number of nitrogens with two attached hydrogens (primary N) is 1. The van der Waals surface area contributed by atoms with Crippen LogP contribution < -0.4 is 5.73 Å². The molecule has 0 amide bonds. The van der Waals surface area contributed by atoms with Crippen molar-refractivity contribution in [1.82, 2.24) is 4.98 Å². The number of rotatable bonds is 2. The van der Waals surface area contributed by atoms with Gasteiger partial charge in [-0.2, -0.15) is 13.2 Å². The van der Waals surface area contributed by atoms with Crippen molar-refractivity contribution in [3.63, 3.8) is 0 Å². The number of alkyl halides is 3. The zero-order valence-electron chi connectivity index (χ0n) is 12.2. The van der Waals surface area contributed by atoms with Crippen LogP contribution >= 0.6 is 10.9 Å². The Hall–Kier alpha value is -2.28. The number of aliphatic imine (C=N–C) groups is 1. The maximum atomic E-state index is 13.5. The van der Waals surface area contributed by atoms with Crippen LogP contribution in [0.4, 0.5) is 13.2 Å². The molecule has 2 aromatic rings. The summed E-state index contributed by atoms with van der Waals surface area (Å²) < 4.78 is 40.6. The third-order valence-corrected chi connectivity index (χ3v) is 5.46. The van der Waals surface area contributed by atoms with Crippen LogP contribution in [0.5, 0.6) is 0 Å². The number of amidine groups is 1. The van der Waals surface area contributed by atoms with Crippen molar-refractivity contribution in [2.45, 2.75) is 18.0 Å². The highest BCUT2D eigenvalue weighted by atomic mass is 32.2. The summed E-state index contributed by atoms with van der Waals surface area (Å²) >= 11 is 0. The van der Waals surface area contributed by atoms with Crippen molar-refractivity contribution in [2.75, 3.05) is 0 Å². The number of aromatic nitrogens is 1. The quantitative estimate of drug-likeness (QED) is 0.806. The Labute approximate surface area is 134 Å². The van der Waals surface area contributed by atoms with E-state index >= 15 is 0 Å². The SMILES string of the molecule is Cc1ccncc1-c1ccc([SH]2C=CN=C2N)cc1C(F)(F)F. The molecule has 1 atom stereocenters. The predicted molar refractivity (Wildman–Crippen MR) is 87.4 cm³/mol. The minimum absolute atomic E-state index is 0.125. The maximum Gasteiger partial charge on any atom is 0.417 e. The van der Waals surface area contributed by atoms with E-state index in [1.807, 2.05) is 0 Å². The molecule has 23 heavy (non-hydrogen) atoms. The number of pyridine rings is 1. The Bertz CT molecular complexity index is 812. The molecule has 1 aliphatic heterocycles. The lowest BCUT2D eigenvalue weighted by atomic mass is 9.97. The van der Waals surface area contributed by atoms with E-state index in [0.29, 0.717) is 15.6 Å². The zero-order chi connectivity index (χ0) is 16.6. The van der Waals surface area contributed by atoms with Gasteiger partial charge in [0.1, 0.15) is 5.17 Å². The van der Waals surface area contributed by atoms with E-state index in [4.69, 9.17) is 5.73 Å². The number of benzene rings is 1. The first kappa shape index (κ1) is 15.6. The Morgan fingerprint density at radius 2 is 1.91 bits per heavy atom. The Kier molecular flexibility index (Phi) is 3.89. The second-order valence-electron chi connectivity index (χ2n) is 5.07. The maximum absolute atomic E-state index is 13.5. The minimum Gasteiger partial charge on any atom is -0.379 e. The van der Waals surface area contributed by atoms with Gasteiger partial charge >= 0.3 is 6.18 Å². The summed E-state index contributed by atoms with van der Waals surface area (Å²) in [5, 5.41) is 2.10. The molecule has 7 heteroatoms. The van der Waals surface area contributed by atoms with E-state index < -0.39 is 22.6 Å². The molecule has 1 aromatic carbocycles. The van der Waals surface area contributed by atoms with Crippen LogP contribution in [0.3, 0.4) is 0 Å². The molecule has 120 valence electrons. The van der Waals surface area contributed by atoms with E-state index in [9.17, 15) is 13.2 Å². The van der Waals surface area contributed by atoms with Crippen LogP contribution in [0.2, 0.25) is 0 Å². The van der Waals surface area contributed by atoms with Crippen LogP contribution in [0.15, 0.2) is 58.2 Å².